The molecule has 5 nitrogen and oxygen atoms in total. The van der Waals surface area contributed by atoms with Crippen LogP contribution in [0.4, 0.5) is 0 Å². The number of benzene rings is 6. The molecule has 6 heteroatoms. The highest BCUT2D eigenvalue weighted by Gasteiger charge is 2.25. The molecule has 0 amide bonds. The lowest BCUT2D eigenvalue weighted by Crippen LogP contribution is -2.13. The number of aryl methyl sites for hydroxylation is 3. The summed E-state index contributed by atoms with van der Waals surface area (Å²) in [4.78, 5) is 11.4. The molecule has 0 atom stereocenters. The first kappa shape index (κ1) is 31.1. The van der Waals surface area contributed by atoms with Crippen molar-refractivity contribution in [3.8, 4) is 27.9 Å². The van der Waals surface area contributed by atoms with Gasteiger partial charge in [0.25, 0.3) is 0 Å². The monoisotopic (exact) mass is 693 g/mol. The Kier molecular flexibility index (Phi) is 6.50. The summed E-state index contributed by atoms with van der Waals surface area (Å²) in [6.07, 6.45) is 0. The highest BCUT2D eigenvalue weighted by atomic mass is 32.1. The number of para-hydroxylation sites is 4. The lowest BCUT2D eigenvalue weighted by Gasteiger charge is -2.25. The molecule has 4 heterocycles. The predicted molar refractivity (Wildman–Crippen MR) is 220 cm³/mol. The number of nitrogens with zero attached hydrogens (tertiary/aromatic N) is 5. The maximum Gasteiger partial charge on any atom is 0.220 e. The maximum atomic E-state index is 5.27. The van der Waals surface area contributed by atoms with E-state index in [9.17, 15) is 0 Å². The van der Waals surface area contributed by atoms with Crippen molar-refractivity contribution in [2.75, 3.05) is 0 Å². The Morgan fingerprint density at radius 3 is 1.94 bits per heavy atom. The van der Waals surface area contributed by atoms with E-state index >= 15 is 0 Å². The fraction of sp³-hybridized carbons (Fsp3) is 0.174. The lowest BCUT2D eigenvalue weighted by atomic mass is 9.80. The van der Waals surface area contributed by atoms with Gasteiger partial charge in [0.1, 0.15) is 0 Å². The molecule has 0 saturated heterocycles. The number of imidazole rings is 3. The molecule has 6 aromatic carbocycles. The van der Waals surface area contributed by atoms with Crippen molar-refractivity contribution < 1.29 is 0 Å². The fourth-order valence-corrected chi connectivity index (χ4v) is 9.70. The summed E-state index contributed by atoms with van der Waals surface area (Å²) in [6.45, 7) is 15.8. The second-order valence-corrected chi connectivity index (χ2v) is 16.3. The van der Waals surface area contributed by atoms with Gasteiger partial charge >= 0.3 is 0 Å². The lowest BCUT2D eigenvalue weighted by molar-refractivity contribution is 0.592. The first-order valence-electron chi connectivity index (χ1n) is 18.0. The number of hydrogen-bond acceptors (Lipinski definition) is 3. The zero-order chi connectivity index (χ0) is 35.6. The Morgan fingerprint density at radius 2 is 1.19 bits per heavy atom. The average Bonchev–Trinajstić information content (AvgIpc) is 3.86. The minimum Gasteiger partial charge on any atom is -0.283 e. The van der Waals surface area contributed by atoms with E-state index in [2.05, 4.69) is 171 Å². The van der Waals surface area contributed by atoms with E-state index in [0.29, 0.717) is 0 Å². The zero-order valence-corrected chi connectivity index (χ0v) is 31.4. The van der Waals surface area contributed by atoms with Gasteiger partial charge in [-0.2, -0.15) is 0 Å². The normalized spacial score (nSPS) is 12.5. The molecule has 10 rings (SSSR count). The minimum absolute atomic E-state index is 0.0718. The number of hydrogen-bond donors (Lipinski definition) is 0. The van der Waals surface area contributed by atoms with E-state index in [-0.39, 0.29) is 5.41 Å². The van der Waals surface area contributed by atoms with E-state index in [1.165, 1.54) is 65.8 Å². The van der Waals surface area contributed by atoms with Gasteiger partial charge in [-0.1, -0.05) is 98.8 Å². The number of fused-ring (bicyclic) bond motifs is 10. The van der Waals surface area contributed by atoms with Gasteiger partial charge in [-0.05, 0) is 120 Å². The third-order valence-corrected chi connectivity index (χ3v) is 12.1. The molecule has 0 aliphatic heterocycles. The van der Waals surface area contributed by atoms with Crippen LogP contribution in [0, 0.1) is 27.7 Å². The van der Waals surface area contributed by atoms with Crippen molar-refractivity contribution in [2.24, 2.45) is 0 Å². The third-order valence-electron chi connectivity index (χ3n) is 11.0. The molecule has 0 spiro atoms. The molecule has 52 heavy (non-hydrogen) atoms. The van der Waals surface area contributed by atoms with Crippen LogP contribution in [0.3, 0.4) is 0 Å². The summed E-state index contributed by atoms with van der Waals surface area (Å²) in [7, 11) is 0. The van der Waals surface area contributed by atoms with E-state index in [1.807, 2.05) is 0 Å². The smallest absolute Gasteiger partial charge is 0.220 e. The van der Waals surface area contributed by atoms with E-state index in [4.69, 9.17) is 9.97 Å². The summed E-state index contributed by atoms with van der Waals surface area (Å²) in [5.41, 5.74) is 20.3. The summed E-state index contributed by atoms with van der Waals surface area (Å²) < 4.78 is 8.27. The van der Waals surface area contributed by atoms with Gasteiger partial charge in [-0.25, -0.2) is 9.97 Å². The van der Waals surface area contributed by atoms with Gasteiger partial charge in [0.05, 0.1) is 43.3 Å². The number of rotatable bonds is 3. The van der Waals surface area contributed by atoms with E-state index in [0.717, 1.165) is 44.0 Å². The first-order valence-corrected chi connectivity index (χ1v) is 18.8. The van der Waals surface area contributed by atoms with Crippen molar-refractivity contribution in [1.82, 2.24) is 23.3 Å². The predicted octanol–water partition coefficient (Wildman–Crippen LogP) is 12.3. The second kappa shape index (κ2) is 10.9. The van der Waals surface area contributed by atoms with Gasteiger partial charge < -0.3 is 0 Å². The van der Waals surface area contributed by atoms with E-state index < -0.39 is 0 Å². The average molecular weight is 694 g/mol. The Bertz CT molecular complexity index is 3100. The molecular formula is C46H39N5S. The van der Waals surface area contributed by atoms with Crippen LogP contribution >= 0.6 is 11.3 Å². The molecule has 0 aliphatic carbocycles. The molecule has 0 radical (unpaired) electrons. The Hall–Kier alpha value is -5.72. The molecule has 0 saturated carbocycles. The highest BCUT2D eigenvalue weighted by Crippen LogP contribution is 2.44. The van der Waals surface area contributed by atoms with Gasteiger partial charge in [0.2, 0.25) is 5.78 Å². The van der Waals surface area contributed by atoms with Crippen molar-refractivity contribution in [1.29, 1.82) is 0 Å². The second-order valence-electron chi connectivity index (χ2n) is 15.4. The summed E-state index contributed by atoms with van der Waals surface area (Å²) in [5, 5.41) is 0. The van der Waals surface area contributed by atoms with Gasteiger partial charge in [-0.3, -0.25) is 13.4 Å². The van der Waals surface area contributed by atoms with Crippen molar-refractivity contribution in [3.63, 3.8) is 0 Å². The van der Waals surface area contributed by atoms with Crippen LogP contribution in [0.15, 0.2) is 109 Å². The summed E-state index contributed by atoms with van der Waals surface area (Å²) in [6, 6.07) is 40.0. The molecule has 0 bridgehead atoms. The van der Waals surface area contributed by atoms with Crippen molar-refractivity contribution in [3.05, 3.63) is 137 Å². The number of thiazole rings is 1. The van der Waals surface area contributed by atoms with Gasteiger partial charge in [-0.15, -0.1) is 0 Å². The van der Waals surface area contributed by atoms with Crippen LogP contribution in [-0.4, -0.2) is 23.3 Å². The zero-order valence-electron chi connectivity index (χ0n) is 30.5. The molecule has 0 fully saturated rings. The molecule has 0 aliphatic rings. The summed E-state index contributed by atoms with van der Waals surface area (Å²) in [5.74, 6) is 0.929. The topological polar surface area (TPSA) is 39.5 Å². The first-order chi connectivity index (χ1) is 25.1. The standard InChI is InChI=1S/C46H39N5S/c1-26-21-24-39-43(52-45-48-42-28(3)14-11-20-38(42)51(39)45)40(26)32-16-12-15-31(29(32)4)33-25-30(22-23-34(33)46(5,6)7)49-35-17-8-9-18-36(35)50-37-19-10-13-27(2)41(37)47-44(49)50/h8-25H,1-7H3. The number of aromatic nitrogens is 5. The van der Waals surface area contributed by atoms with Crippen molar-refractivity contribution in [2.45, 2.75) is 53.9 Å². The minimum atomic E-state index is -0.0718. The third kappa shape index (κ3) is 4.28. The van der Waals surface area contributed by atoms with Crippen LogP contribution in [-0.2, 0) is 5.41 Å². The molecular weight excluding hydrogens is 655 g/mol. The van der Waals surface area contributed by atoms with Gasteiger partial charge in [0, 0.05) is 11.3 Å². The van der Waals surface area contributed by atoms with E-state index in [1.54, 1.807) is 11.3 Å². The van der Waals surface area contributed by atoms with Crippen LogP contribution in [0.2, 0.25) is 0 Å². The molecule has 254 valence electrons. The van der Waals surface area contributed by atoms with Crippen LogP contribution in [0.25, 0.3) is 82.0 Å². The van der Waals surface area contributed by atoms with Crippen LogP contribution < -0.4 is 0 Å². The Labute approximate surface area is 306 Å². The maximum absolute atomic E-state index is 5.27. The van der Waals surface area contributed by atoms with Crippen molar-refractivity contribution >= 4 is 65.4 Å². The van der Waals surface area contributed by atoms with Crippen LogP contribution in [0.1, 0.15) is 48.6 Å². The highest BCUT2D eigenvalue weighted by molar-refractivity contribution is 7.24. The Morgan fingerprint density at radius 1 is 0.538 bits per heavy atom. The summed E-state index contributed by atoms with van der Waals surface area (Å²) >= 11 is 1.79. The fourth-order valence-electron chi connectivity index (χ4n) is 8.46. The molecule has 10 aromatic rings. The Balaban J connectivity index is 1.22. The quantitative estimate of drug-likeness (QED) is 0.185. The van der Waals surface area contributed by atoms with Crippen LogP contribution in [0.5, 0.6) is 0 Å². The molecule has 4 aromatic heterocycles. The molecule has 0 unspecified atom stereocenters. The SMILES string of the molecule is Cc1ccc2c(sc3nc4c(C)cccc4n32)c1-c1cccc(-c2cc(-n3c4ccccc4n4c5cccc(C)c5nc34)ccc2C(C)(C)C)c1C. The molecule has 0 N–H and O–H groups in total. The largest absolute Gasteiger partial charge is 0.283 e. The van der Waals surface area contributed by atoms with Gasteiger partial charge in [0.15, 0.2) is 4.96 Å².